The number of rotatable bonds is 7. The van der Waals surface area contributed by atoms with E-state index in [4.69, 9.17) is 9.47 Å². The molecule has 0 amide bonds. The predicted octanol–water partition coefficient (Wildman–Crippen LogP) is 1.29. The van der Waals surface area contributed by atoms with Crippen LogP contribution in [-0.4, -0.2) is 47.4 Å². The van der Waals surface area contributed by atoms with Gasteiger partial charge in [0, 0.05) is 13.2 Å². The molecule has 2 rings (SSSR count). The van der Waals surface area contributed by atoms with Crippen molar-refractivity contribution in [1.82, 2.24) is 15.0 Å². The van der Waals surface area contributed by atoms with Crippen LogP contribution in [0.25, 0.3) is 0 Å². The van der Waals surface area contributed by atoms with Crippen molar-refractivity contribution < 1.29 is 9.47 Å². The third-order valence-electron chi connectivity index (χ3n) is 2.68. The highest BCUT2D eigenvalue weighted by Gasteiger charge is 2.17. The van der Waals surface area contributed by atoms with Crippen LogP contribution in [-0.2, 0) is 4.74 Å². The summed E-state index contributed by atoms with van der Waals surface area (Å²) in [5, 5.41) is 6.39. The highest BCUT2D eigenvalue weighted by atomic mass is 16.5. The van der Waals surface area contributed by atoms with Crippen molar-refractivity contribution in [3.63, 3.8) is 0 Å². The van der Waals surface area contributed by atoms with Gasteiger partial charge >= 0.3 is 6.01 Å². The molecular weight excluding hydrogens is 246 g/mol. The van der Waals surface area contributed by atoms with Gasteiger partial charge in [-0.15, -0.1) is 0 Å². The minimum Gasteiger partial charge on any atom is -0.464 e. The molecule has 0 spiro atoms. The molecule has 2 heterocycles. The van der Waals surface area contributed by atoms with Crippen molar-refractivity contribution >= 4 is 11.9 Å². The second-order valence-electron chi connectivity index (χ2n) is 4.33. The molecule has 1 aliphatic heterocycles. The first-order valence-corrected chi connectivity index (χ1v) is 6.78. The lowest BCUT2D eigenvalue weighted by molar-refractivity contribution is 0.195. The maximum Gasteiger partial charge on any atom is 0.323 e. The summed E-state index contributed by atoms with van der Waals surface area (Å²) in [7, 11) is 0. The Hall–Kier alpha value is -1.63. The third-order valence-corrected chi connectivity index (χ3v) is 2.68. The topological polar surface area (TPSA) is 81.2 Å². The number of ether oxygens (including phenoxy) is 2. The Morgan fingerprint density at radius 2 is 2.11 bits per heavy atom. The maximum atomic E-state index is 5.36. The van der Waals surface area contributed by atoms with E-state index < -0.39 is 0 Å². The Morgan fingerprint density at radius 3 is 2.79 bits per heavy atom. The molecule has 7 nitrogen and oxygen atoms in total. The van der Waals surface area contributed by atoms with E-state index in [2.05, 4.69) is 32.5 Å². The molecule has 0 aromatic carbocycles. The van der Waals surface area contributed by atoms with Gasteiger partial charge in [-0.25, -0.2) is 0 Å². The molecule has 19 heavy (non-hydrogen) atoms. The van der Waals surface area contributed by atoms with Gasteiger partial charge in [-0.1, -0.05) is 6.92 Å². The van der Waals surface area contributed by atoms with Gasteiger partial charge in [0.2, 0.25) is 11.9 Å². The Balaban J connectivity index is 2.07. The van der Waals surface area contributed by atoms with Gasteiger partial charge in [0.05, 0.1) is 19.3 Å². The number of nitrogens with zero attached hydrogens (tertiary/aromatic N) is 3. The first kappa shape index (κ1) is 13.8. The average Bonchev–Trinajstić information content (AvgIpc) is 2.89. The smallest absolute Gasteiger partial charge is 0.323 e. The Labute approximate surface area is 113 Å². The third kappa shape index (κ3) is 4.20. The first-order chi connectivity index (χ1) is 9.31. The minimum atomic E-state index is 0.260. The fourth-order valence-corrected chi connectivity index (χ4v) is 1.76. The molecule has 7 heteroatoms. The van der Waals surface area contributed by atoms with Crippen LogP contribution in [0.2, 0.25) is 0 Å². The van der Waals surface area contributed by atoms with Crippen LogP contribution < -0.4 is 15.4 Å². The molecule has 1 unspecified atom stereocenters. The SMILES string of the molecule is CCCNc1nc(NC2CCOC2)nc(OCC)n1. The summed E-state index contributed by atoms with van der Waals surface area (Å²) in [5.41, 5.74) is 0. The predicted molar refractivity (Wildman–Crippen MR) is 72.6 cm³/mol. The molecule has 1 saturated heterocycles. The number of aromatic nitrogens is 3. The summed E-state index contributed by atoms with van der Waals surface area (Å²) in [6.45, 7) is 6.81. The summed E-state index contributed by atoms with van der Waals surface area (Å²) < 4.78 is 10.7. The second-order valence-corrected chi connectivity index (χ2v) is 4.33. The fraction of sp³-hybridized carbons (Fsp3) is 0.750. The van der Waals surface area contributed by atoms with Crippen molar-refractivity contribution in [2.45, 2.75) is 32.7 Å². The summed E-state index contributed by atoms with van der Waals surface area (Å²) >= 11 is 0. The van der Waals surface area contributed by atoms with E-state index >= 15 is 0 Å². The number of hydrogen-bond donors (Lipinski definition) is 2. The summed E-state index contributed by atoms with van der Waals surface area (Å²) in [5.74, 6) is 1.08. The van der Waals surface area contributed by atoms with Crippen LogP contribution in [0.3, 0.4) is 0 Å². The summed E-state index contributed by atoms with van der Waals surface area (Å²) in [4.78, 5) is 12.8. The molecular formula is C12H21N5O2. The van der Waals surface area contributed by atoms with Gasteiger partial charge in [-0.3, -0.25) is 0 Å². The van der Waals surface area contributed by atoms with Gasteiger partial charge in [0.25, 0.3) is 0 Å². The van der Waals surface area contributed by atoms with E-state index in [1.54, 1.807) is 0 Å². The zero-order chi connectivity index (χ0) is 13.5. The van der Waals surface area contributed by atoms with Gasteiger partial charge in [-0.05, 0) is 19.8 Å². The van der Waals surface area contributed by atoms with E-state index in [0.717, 1.165) is 26.0 Å². The first-order valence-electron chi connectivity index (χ1n) is 6.78. The van der Waals surface area contributed by atoms with E-state index in [9.17, 15) is 0 Å². The molecule has 1 aromatic rings. The number of anilines is 2. The zero-order valence-electron chi connectivity index (χ0n) is 11.5. The van der Waals surface area contributed by atoms with Crippen molar-refractivity contribution in [3.05, 3.63) is 0 Å². The zero-order valence-corrected chi connectivity index (χ0v) is 11.5. The van der Waals surface area contributed by atoms with Gasteiger partial charge < -0.3 is 20.1 Å². The number of nitrogens with one attached hydrogen (secondary N) is 2. The lowest BCUT2D eigenvalue weighted by atomic mass is 10.3. The summed E-state index contributed by atoms with van der Waals surface area (Å²) in [6.07, 6.45) is 1.97. The molecule has 2 N–H and O–H groups in total. The molecule has 1 aliphatic rings. The van der Waals surface area contributed by atoms with Crippen LogP contribution in [0.5, 0.6) is 6.01 Å². The largest absolute Gasteiger partial charge is 0.464 e. The molecule has 106 valence electrons. The average molecular weight is 267 g/mol. The highest BCUT2D eigenvalue weighted by Crippen LogP contribution is 2.14. The van der Waals surface area contributed by atoms with Gasteiger partial charge in [0.1, 0.15) is 0 Å². The van der Waals surface area contributed by atoms with Crippen molar-refractivity contribution in [2.75, 3.05) is 37.0 Å². The molecule has 0 aliphatic carbocycles. The standard InChI is InChI=1S/C12H21N5O2/c1-3-6-13-10-15-11(14-9-5-7-18-8-9)17-12(16-10)19-4-2/h9H,3-8H2,1-2H3,(H2,13,14,15,16,17). The quantitative estimate of drug-likeness (QED) is 0.770. The molecule has 1 aromatic heterocycles. The van der Waals surface area contributed by atoms with Crippen LogP contribution in [0.4, 0.5) is 11.9 Å². The van der Waals surface area contributed by atoms with Crippen LogP contribution in [0.15, 0.2) is 0 Å². The molecule has 1 atom stereocenters. The second kappa shape index (κ2) is 7.08. The highest BCUT2D eigenvalue weighted by molar-refractivity contribution is 5.36. The van der Waals surface area contributed by atoms with Crippen molar-refractivity contribution in [2.24, 2.45) is 0 Å². The van der Waals surface area contributed by atoms with Gasteiger partial charge in [0.15, 0.2) is 0 Å². The normalized spacial score (nSPS) is 18.3. The number of hydrogen-bond acceptors (Lipinski definition) is 7. The fourth-order valence-electron chi connectivity index (χ4n) is 1.76. The lowest BCUT2D eigenvalue weighted by Gasteiger charge is -2.12. The maximum absolute atomic E-state index is 5.36. The Morgan fingerprint density at radius 1 is 1.26 bits per heavy atom. The van der Waals surface area contributed by atoms with Crippen molar-refractivity contribution in [3.8, 4) is 6.01 Å². The molecule has 0 saturated carbocycles. The van der Waals surface area contributed by atoms with Gasteiger partial charge in [-0.2, -0.15) is 15.0 Å². The van der Waals surface area contributed by atoms with E-state index in [-0.39, 0.29) is 6.04 Å². The van der Waals surface area contributed by atoms with E-state index in [1.807, 2.05) is 6.92 Å². The molecule has 0 bridgehead atoms. The lowest BCUT2D eigenvalue weighted by Crippen LogP contribution is -2.21. The molecule has 1 fully saturated rings. The van der Waals surface area contributed by atoms with Crippen molar-refractivity contribution in [1.29, 1.82) is 0 Å². The van der Waals surface area contributed by atoms with Crippen LogP contribution in [0, 0.1) is 0 Å². The van der Waals surface area contributed by atoms with Crippen LogP contribution >= 0.6 is 0 Å². The monoisotopic (exact) mass is 267 g/mol. The minimum absolute atomic E-state index is 0.260. The van der Waals surface area contributed by atoms with Crippen LogP contribution in [0.1, 0.15) is 26.7 Å². The van der Waals surface area contributed by atoms with E-state index in [1.165, 1.54) is 0 Å². The Kier molecular flexibility index (Phi) is 5.14. The summed E-state index contributed by atoms with van der Waals surface area (Å²) in [6, 6.07) is 0.605. The van der Waals surface area contributed by atoms with E-state index in [0.29, 0.717) is 31.1 Å². The Bertz CT molecular complexity index is 396. The molecule has 0 radical (unpaired) electrons.